The first kappa shape index (κ1) is 17.0. The predicted octanol–water partition coefficient (Wildman–Crippen LogP) is 0.805. The molecule has 0 radical (unpaired) electrons. The lowest BCUT2D eigenvalue weighted by molar-refractivity contribution is -0.147. The fraction of sp³-hybridized carbons (Fsp3) is 0.462. The normalized spacial score (nSPS) is 23.2. The fourth-order valence-electron chi connectivity index (χ4n) is 2.36. The zero-order valence-corrected chi connectivity index (χ0v) is 13.3. The van der Waals surface area contributed by atoms with Crippen molar-refractivity contribution in [1.29, 1.82) is 0 Å². The summed E-state index contributed by atoms with van der Waals surface area (Å²) in [6, 6.07) is 4.19. The van der Waals surface area contributed by atoms with Crippen molar-refractivity contribution in [2.75, 3.05) is 20.2 Å². The van der Waals surface area contributed by atoms with Crippen LogP contribution in [0.2, 0.25) is 5.02 Å². The van der Waals surface area contributed by atoms with E-state index in [0.29, 0.717) is 0 Å². The van der Waals surface area contributed by atoms with Gasteiger partial charge in [-0.1, -0.05) is 11.6 Å². The van der Waals surface area contributed by atoms with Gasteiger partial charge < -0.3 is 14.9 Å². The quantitative estimate of drug-likeness (QED) is 0.833. The average Bonchev–Trinajstić information content (AvgIpc) is 2.47. The number of halogens is 1. The molecule has 0 aliphatic carbocycles. The first-order valence-corrected chi connectivity index (χ1v) is 8.33. The van der Waals surface area contributed by atoms with Gasteiger partial charge >= 0.3 is 5.97 Å². The van der Waals surface area contributed by atoms with Gasteiger partial charge in [0, 0.05) is 18.1 Å². The van der Waals surface area contributed by atoms with Gasteiger partial charge in [-0.25, -0.2) is 8.42 Å². The van der Waals surface area contributed by atoms with E-state index in [1.165, 1.54) is 25.3 Å². The highest BCUT2D eigenvalue weighted by molar-refractivity contribution is 7.89. The van der Waals surface area contributed by atoms with Gasteiger partial charge in [0.2, 0.25) is 10.0 Å². The van der Waals surface area contributed by atoms with E-state index in [1.807, 2.05) is 0 Å². The van der Waals surface area contributed by atoms with Gasteiger partial charge in [-0.05, 0) is 24.6 Å². The molecule has 1 aliphatic heterocycles. The Morgan fingerprint density at radius 2 is 2.14 bits per heavy atom. The minimum Gasteiger partial charge on any atom is -0.495 e. The summed E-state index contributed by atoms with van der Waals surface area (Å²) in [5.41, 5.74) is 0. The molecule has 0 saturated carbocycles. The SMILES string of the molecule is COc1ccc(Cl)cc1S(=O)(=O)N1CCC(O)C(C(=O)O)C1. The van der Waals surface area contributed by atoms with Crippen molar-refractivity contribution in [2.45, 2.75) is 17.4 Å². The summed E-state index contributed by atoms with van der Waals surface area (Å²) < 4.78 is 31.5. The molecule has 0 bridgehead atoms. The number of carboxylic acid groups (broad SMARTS) is 1. The van der Waals surface area contributed by atoms with Crippen LogP contribution in [0.4, 0.5) is 0 Å². The first-order chi connectivity index (χ1) is 10.3. The van der Waals surface area contributed by atoms with Gasteiger partial charge in [-0.3, -0.25) is 4.79 Å². The van der Waals surface area contributed by atoms with Crippen LogP contribution in [0.25, 0.3) is 0 Å². The Balaban J connectivity index is 2.39. The van der Waals surface area contributed by atoms with Crippen molar-refractivity contribution in [1.82, 2.24) is 4.31 Å². The number of nitrogens with zero attached hydrogens (tertiary/aromatic N) is 1. The molecule has 9 heteroatoms. The molecule has 0 spiro atoms. The van der Waals surface area contributed by atoms with Crippen molar-refractivity contribution in [3.8, 4) is 5.75 Å². The molecule has 2 unspecified atom stereocenters. The molecule has 0 amide bonds. The number of aliphatic hydroxyl groups excluding tert-OH is 1. The number of rotatable bonds is 4. The van der Waals surface area contributed by atoms with E-state index in [-0.39, 0.29) is 35.2 Å². The number of ether oxygens (including phenoxy) is 1. The minimum atomic E-state index is -3.97. The molecule has 7 nitrogen and oxygen atoms in total. The minimum absolute atomic E-state index is 0.0307. The summed E-state index contributed by atoms with van der Waals surface area (Å²) in [6.45, 7) is -0.266. The summed E-state index contributed by atoms with van der Waals surface area (Å²) in [5, 5.41) is 19.0. The molecule has 22 heavy (non-hydrogen) atoms. The Labute approximate surface area is 133 Å². The van der Waals surface area contributed by atoms with E-state index < -0.39 is 28.0 Å². The summed E-state index contributed by atoms with van der Waals surface area (Å²) in [6.07, 6.45) is -1.01. The summed E-state index contributed by atoms with van der Waals surface area (Å²) >= 11 is 5.85. The Kier molecular flexibility index (Phi) is 4.96. The zero-order chi connectivity index (χ0) is 16.5. The van der Waals surface area contributed by atoms with E-state index in [1.54, 1.807) is 0 Å². The van der Waals surface area contributed by atoms with Crippen LogP contribution in [0.1, 0.15) is 6.42 Å². The van der Waals surface area contributed by atoms with Crippen molar-refractivity contribution in [3.63, 3.8) is 0 Å². The van der Waals surface area contributed by atoms with Crippen LogP contribution in [0.15, 0.2) is 23.1 Å². The number of carboxylic acids is 1. The summed E-state index contributed by atoms with van der Waals surface area (Å²) in [7, 11) is -2.63. The lowest BCUT2D eigenvalue weighted by Crippen LogP contribution is -2.48. The average molecular weight is 350 g/mol. The maximum atomic E-state index is 12.7. The molecular formula is C13H16ClNO6S. The van der Waals surface area contributed by atoms with Crippen LogP contribution in [0.3, 0.4) is 0 Å². The van der Waals surface area contributed by atoms with Crippen LogP contribution in [0.5, 0.6) is 5.75 Å². The highest BCUT2D eigenvalue weighted by Gasteiger charge is 2.39. The topological polar surface area (TPSA) is 104 Å². The third kappa shape index (κ3) is 3.19. The lowest BCUT2D eigenvalue weighted by atomic mass is 9.96. The van der Waals surface area contributed by atoms with Crippen LogP contribution in [-0.4, -0.2) is 55.2 Å². The third-order valence-electron chi connectivity index (χ3n) is 3.60. The lowest BCUT2D eigenvalue weighted by Gasteiger charge is -2.33. The smallest absolute Gasteiger partial charge is 0.310 e. The van der Waals surface area contributed by atoms with Gasteiger partial charge in [0.1, 0.15) is 10.6 Å². The van der Waals surface area contributed by atoms with Crippen molar-refractivity contribution >= 4 is 27.6 Å². The predicted molar refractivity (Wildman–Crippen MR) is 78.5 cm³/mol. The second-order valence-electron chi connectivity index (χ2n) is 4.96. The summed E-state index contributed by atoms with van der Waals surface area (Å²) in [5.74, 6) is -2.26. The molecule has 1 fully saturated rings. The van der Waals surface area contributed by atoms with Gasteiger partial charge in [0.05, 0.1) is 19.1 Å². The van der Waals surface area contributed by atoms with Crippen molar-refractivity contribution in [3.05, 3.63) is 23.2 Å². The molecular weight excluding hydrogens is 334 g/mol. The molecule has 2 atom stereocenters. The molecule has 1 aliphatic rings. The number of hydrogen-bond donors (Lipinski definition) is 2. The number of methoxy groups -OCH3 is 1. The highest BCUT2D eigenvalue weighted by atomic mass is 35.5. The largest absolute Gasteiger partial charge is 0.495 e. The molecule has 122 valence electrons. The van der Waals surface area contributed by atoms with E-state index >= 15 is 0 Å². The number of hydrogen-bond acceptors (Lipinski definition) is 5. The Morgan fingerprint density at radius 1 is 1.45 bits per heavy atom. The van der Waals surface area contributed by atoms with E-state index in [9.17, 15) is 18.3 Å². The number of aliphatic carboxylic acids is 1. The van der Waals surface area contributed by atoms with Gasteiger partial charge in [-0.2, -0.15) is 4.31 Å². The maximum Gasteiger partial charge on any atom is 0.310 e. The van der Waals surface area contributed by atoms with Crippen molar-refractivity contribution < 1.29 is 28.2 Å². The van der Waals surface area contributed by atoms with Gasteiger partial charge in [0.25, 0.3) is 0 Å². The number of aliphatic hydroxyl groups is 1. The number of piperidine rings is 1. The number of carbonyl (C=O) groups is 1. The molecule has 1 aromatic carbocycles. The van der Waals surface area contributed by atoms with Crippen LogP contribution in [0, 0.1) is 5.92 Å². The van der Waals surface area contributed by atoms with E-state index in [0.717, 1.165) is 4.31 Å². The highest BCUT2D eigenvalue weighted by Crippen LogP contribution is 2.32. The van der Waals surface area contributed by atoms with Gasteiger partial charge in [-0.15, -0.1) is 0 Å². The fourth-order valence-corrected chi connectivity index (χ4v) is 4.26. The van der Waals surface area contributed by atoms with E-state index in [4.69, 9.17) is 21.4 Å². The molecule has 1 saturated heterocycles. The van der Waals surface area contributed by atoms with Crippen LogP contribution < -0.4 is 4.74 Å². The van der Waals surface area contributed by atoms with Crippen LogP contribution >= 0.6 is 11.6 Å². The van der Waals surface area contributed by atoms with Crippen LogP contribution in [-0.2, 0) is 14.8 Å². The third-order valence-corrected chi connectivity index (χ3v) is 5.72. The van der Waals surface area contributed by atoms with Crippen molar-refractivity contribution in [2.24, 2.45) is 5.92 Å². The number of benzene rings is 1. The van der Waals surface area contributed by atoms with E-state index in [2.05, 4.69) is 0 Å². The second-order valence-corrected chi connectivity index (χ2v) is 7.30. The zero-order valence-electron chi connectivity index (χ0n) is 11.8. The molecule has 1 aromatic rings. The first-order valence-electron chi connectivity index (χ1n) is 6.52. The Hall–Kier alpha value is -1.35. The molecule has 1 heterocycles. The second kappa shape index (κ2) is 6.41. The maximum absolute atomic E-state index is 12.7. The molecule has 2 N–H and O–H groups in total. The monoisotopic (exact) mass is 349 g/mol. The number of sulfonamides is 1. The summed E-state index contributed by atoms with van der Waals surface area (Å²) in [4.78, 5) is 11.0. The standard InChI is InChI=1S/C13H16ClNO6S/c1-21-11-3-2-8(14)6-12(11)22(19,20)15-5-4-10(16)9(7-15)13(17)18/h2-3,6,9-10,16H,4-5,7H2,1H3,(H,17,18). The molecule has 2 rings (SSSR count). The van der Waals surface area contributed by atoms with Gasteiger partial charge in [0.15, 0.2) is 0 Å². The Morgan fingerprint density at radius 3 is 2.73 bits per heavy atom. The Bertz CT molecular complexity index is 677. The molecule has 0 aromatic heterocycles.